The van der Waals surface area contributed by atoms with Gasteiger partial charge in [-0.25, -0.2) is 8.78 Å². The van der Waals surface area contributed by atoms with Crippen LogP contribution in [0, 0.1) is 17.6 Å². The number of nitrogens with two attached hydrogens (primary N) is 1. The van der Waals surface area contributed by atoms with E-state index < -0.39 is 35.4 Å². The second-order valence-electron chi connectivity index (χ2n) is 11.6. The number of likely N-dealkylation sites (N-methyl/N-ethyl adjacent to an activating group) is 1. The molecular weight excluding hydrogens is 546 g/mol. The molecule has 222 valence electrons. The van der Waals surface area contributed by atoms with Crippen molar-refractivity contribution in [1.82, 2.24) is 14.7 Å². The smallest absolute Gasteiger partial charge is 0.262 e. The van der Waals surface area contributed by atoms with Crippen LogP contribution < -0.4 is 15.5 Å². The number of amides is 4. The van der Waals surface area contributed by atoms with E-state index >= 15 is 0 Å². The van der Waals surface area contributed by atoms with E-state index in [-0.39, 0.29) is 41.3 Å². The van der Waals surface area contributed by atoms with Crippen molar-refractivity contribution in [1.29, 1.82) is 0 Å². The van der Waals surface area contributed by atoms with Gasteiger partial charge in [-0.15, -0.1) is 0 Å². The molecule has 0 aromatic heterocycles. The zero-order valence-corrected chi connectivity index (χ0v) is 23.5. The second kappa shape index (κ2) is 11.0. The summed E-state index contributed by atoms with van der Waals surface area (Å²) in [5.74, 6) is -2.49. The zero-order valence-electron chi connectivity index (χ0n) is 23.5. The monoisotopic (exact) mass is 580 g/mol. The molecule has 1 unspecified atom stereocenters. The van der Waals surface area contributed by atoms with Crippen LogP contribution in [0.5, 0.6) is 0 Å². The highest BCUT2D eigenvalue weighted by atomic mass is 19.1. The summed E-state index contributed by atoms with van der Waals surface area (Å²) in [6, 6.07) is 6.49. The average Bonchev–Trinajstić information content (AvgIpc) is 3.23. The minimum absolute atomic E-state index is 0.107. The highest BCUT2D eigenvalue weighted by Crippen LogP contribution is 2.33. The number of halogens is 2. The Kier molecular flexibility index (Phi) is 7.34. The van der Waals surface area contributed by atoms with Crippen LogP contribution in [-0.2, 0) is 9.59 Å². The van der Waals surface area contributed by atoms with Crippen molar-refractivity contribution >= 4 is 40.7 Å². The molecule has 4 heterocycles. The Morgan fingerprint density at radius 1 is 0.810 bits per heavy atom. The molecule has 0 aliphatic carbocycles. The number of piperidine rings is 2. The maximum Gasteiger partial charge on any atom is 0.262 e. The van der Waals surface area contributed by atoms with Crippen molar-refractivity contribution in [3.63, 3.8) is 0 Å². The summed E-state index contributed by atoms with van der Waals surface area (Å²) in [5.41, 5.74) is 6.98. The molecular formula is C30H34F2N6O4. The summed E-state index contributed by atoms with van der Waals surface area (Å²) in [4.78, 5) is 59.4. The van der Waals surface area contributed by atoms with Gasteiger partial charge < -0.3 is 15.5 Å². The number of fused-ring (bicyclic) bond motifs is 1. The first-order chi connectivity index (χ1) is 20.1. The number of piperazine rings is 1. The third kappa shape index (κ3) is 4.97. The van der Waals surface area contributed by atoms with Crippen molar-refractivity contribution in [3.05, 3.63) is 53.1 Å². The number of nitrogens with zero attached hydrogens (tertiary/aromatic N) is 5. The Morgan fingerprint density at radius 2 is 1.50 bits per heavy atom. The van der Waals surface area contributed by atoms with Crippen LogP contribution in [-0.4, -0.2) is 97.2 Å². The first-order valence-corrected chi connectivity index (χ1v) is 14.4. The van der Waals surface area contributed by atoms with Crippen molar-refractivity contribution < 1.29 is 28.0 Å². The number of carbonyl (C=O) groups excluding carboxylic acids is 4. The largest absolute Gasteiger partial charge is 0.396 e. The molecule has 12 heteroatoms. The maximum absolute atomic E-state index is 14.4. The first-order valence-electron chi connectivity index (χ1n) is 14.4. The molecule has 4 aliphatic heterocycles. The van der Waals surface area contributed by atoms with E-state index in [1.54, 1.807) is 12.1 Å². The third-order valence-corrected chi connectivity index (χ3v) is 9.11. The number of hydrogen-bond acceptors (Lipinski definition) is 8. The van der Waals surface area contributed by atoms with Gasteiger partial charge in [0.25, 0.3) is 17.7 Å². The minimum atomic E-state index is -0.967. The molecule has 42 heavy (non-hydrogen) atoms. The lowest BCUT2D eigenvalue weighted by Gasteiger charge is -2.40. The van der Waals surface area contributed by atoms with Gasteiger partial charge in [-0.05, 0) is 43.4 Å². The molecule has 6 rings (SSSR count). The SMILES string of the molecule is CN1C(=O)CCC(N2C(=O)c3ccc(N4CCN(CC5CCN(c6cc(F)c(N)cc6F)CC5)CC4)cc3C2=O)C1=O. The number of hydrogen-bond donors (Lipinski definition) is 1. The van der Waals surface area contributed by atoms with E-state index in [1.165, 1.54) is 13.1 Å². The van der Waals surface area contributed by atoms with Crippen molar-refractivity contribution in [3.8, 4) is 0 Å². The molecule has 3 fully saturated rings. The van der Waals surface area contributed by atoms with Crippen molar-refractivity contribution in [2.45, 2.75) is 31.7 Å². The average molecular weight is 581 g/mol. The van der Waals surface area contributed by atoms with Gasteiger partial charge in [0.2, 0.25) is 5.91 Å². The van der Waals surface area contributed by atoms with Crippen LogP contribution in [0.4, 0.5) is 25.8 Å². The molecule has 1 atom stereocenters. The summed E-state index contributed by atoms with van der Waals surface area (Å²) in [5, 5.41) is 0. The Morgan fingerprint density at radius 3 is 2.21 bits per heavy atom. The lowest BCUT2D eigenvalue weighted by Crippen LogP contribution is -2.54. The lowest BCUT2D eigenvalue weighted by atomic mass is 9.95. The summed E-state index contributed by atoms with van der Waals surface area (Å²) in [6.07, 6.45) is 2.02. The topological polar surface area (TPSA) is 110 Å². The molecule has 4 amide bonds. The summed E-state index contributed by atoms with van der Waals surface area (Å²) in [6.45, 7) is 5.43. The standard InChI is InChI=1S/C30H34F2N6O4/c1-34-27(39)5-4-25(30(34)42)38-28(40)20-3-2-19(14-21(20)29(38)41)36-12-10-35(11-13-36)17-18-6-8-37(9-7-18)26-16-22(31)24(33)15-23(26)32/h2-3,14-16,18,25H,4-13,17,33H2,1H3. The third-order valence-electron chi connectivity index (χ3n) is 9.11. The molecule has 10 nitrogen and oxygen atoms in total. The number of imide groups is 2. The Labute approximate surface area is 242 Å². The van der Waals surface area contributed by atoms with E-state index in [9.17, 15) is 28.0 Å². The lowest BCUT2D eigenvalue weighted by molar-refractivity contribution is -0.149. The van der Waals surface area contributed by atoms with Gasteiger partial charge in [-0.2, -0.15) is 0 Å². The van der Waals surface area contributed by atoms with Gasteiger partial charge in [0.1, 0.15) is 17.7 Å². The summed E-state index contributed by atoms with van der Waals surface area (Å²) >= 11 is 0. The molecule has 3 saturated heterocycles. The van der Waals surface area contributed by atoms with E-state index in [4.69, 9.17) is 5.73 Å². The fourth-order valence-corrected chi connectivity index (χ4v) is 6.57. The number of likely N-dealkylation sites (tertiary alicyclic amines) is 1. The maximum atomic E-state index is 14.4. The van der Waals surface area contributed by atoms with Gasteiger partial charge in [-0.1, -0.05) is 0 Å². The van der Waals surface area contributed by atoms with Crippen LogP contribution in [0.3, 0.4) is 0 Å². The number of anilines is 3. The number of rotatable bonds is 5. The normalized spacial score (nSPS) is 22.4. The summed E-state index contributed by atoms with van der Waals surface area (Å²) in [7, 11) is 1.38. The van der Waals surface area contributed by atoms with Gasteiger partial charge in [-0.3, -0.25) is 33.9 Å². The van der Waals surface area contributed by atoms with Gasteiger partial charge in [0, 0.05) is 77.1 Å². The Hall–Kier alpha value is -4.06. The van der Waals surface area contributed by atoms with Gasteiger partial charge in [0.15, 0.2) is 0 Å². The fraction of sp³-hybridized carbons (Fsp3) is 0.467. The predicted octanol–water partition coefficient (Wildman–Crippen LogP) is 2.33. The first kappa shape index (κ1) is 28.1. The Bertz CT molecular complexity index is 1450. The highest BCUT2D eigenvalue weighted by molar-refractivity contribution is 6.23. The number of nitrogen functional groups attached to an aromatic ring is 1. The van der Waals surface area contributed by atoms with E-state index in [2.05, 4.69) is 9.80 Å². The Balaban J connectivity index is 1.03. The highest BCUT2D eigenvalue weighted by Gasteiger charge is 2.46. The number of carbonyl (C=O) groups is 4. The summed E-state index contributed by atoms with van der Waals surface area (Å²) < 4.78 is 28.3. The van der Waals surface area contributed by atoms with E-state index in [1.807, 2.05) is 11.0 Å². The number of benzene rings is 2. The predicted molar refractivity (Wildman–Crippen MR) is 152 cm³/mol. The minimum Gasteiger partial charge on any atom is -0.396 e. The van der Waals surface area contributed by atoms with Crippen LogP contribution in [0.2, 0.25) is 0 Å². The molecule has 2 aromatic rings. The quantitative estimate of drug-likeness (QED) is 0.424. The van der Waals surface area contributed by atoms with Gasteiger partial charge in [0.05, 0.1) is 22.5 Å². The molecule has 2 aromatic carbocycles. The van der Waals surface area contributed by atoms with Crippen molar-refractivity contribution in [2.75, 3.05) is 68.4 Å². The van der Waals surface area contributed by atoms with Crippen LogP contribution in [0.25, 0.3) is 0 Å². The van der Waals surface area contributed by atoms with Crippen LogP contribution >= 0.6 is 0 Å². The molecule has 0 radical (unpaired) electrons. The second-order valence-corrected chi connectivity index (χ2v) is 11.6. The van der Waals surface area contributed by atoms with Gasteiger partial charge >= 0.3 is 0 Å². The van der Waals surface area contributed by atoms with E-state index in [0.717, 1.165) is 67.1 Å². The molecule has 0 spiro atoms. The molecule has 0 saturated carbocycles. The molecule has 4 aliphatic rings. The zero-order chi connectivity index (χ0) is 29.7. The van der Waals surface area contributed by atoms with Crippen LogP contribution in [0.15, 0.2) is 30.3 Å². The van der Waals surface area contributed by atoms with Crippen LogP contribution in [0.1, 0.15) is 46.4 Å². The van der Waals surface area contributed by atoms with E-state index in [0.29, 0.717) is 19.0 Å². The fourth-order valence-electron chi connectivity index (χ4n) is 6.57. The van der Waals surface area contributed by atoms with Crippen molar-refractivity contribution in [2.24, 2.45) is 5.92 Å². The molecule has 0 bridgehead atoms. The molecule has 2 N–H and O–H groups in total.